The van der Waals surface area contributed by atoms with Crippen LogP contribution in [0.1, 0.15) is 34.2 Å². The molecule has 0 radical (unpaired) electrons. The summed E-state index contributed by atoms with van der Waals surface area (Å²) < 4.78 is 1.91. The number of fused-ring (bicyclic) bond motifs is 1. The van der Waals surface area contributed by atoms with Crippen LogP contribution in [-0.4, -0.2) is 33.7 Å². The second-order valence-corrected chi connectivity index (χ2v) is 7.78. The summed E-state index contributed by atoms with van der Waals surface area (Å²) in [5, 5.41) is 4.82. The van der Waals surface area contributed by atoms with Crippen LogP contribution in [0, 0.1) is 13.8 Å². The van der Waals surface area contributed by atoms with Crippen molar-refractivity contribution in [3.63, 3.8) is 0 Å². The first-order valence-corrected chi connectivity index (χ1v) is 9.52. The van der Waals surface area contributed by atoms with Crippen LogP contribution in [0.5, 0.6) is 0 Å². The van der Waals surface area contributed by atoms with E-state index in [0.29, 0.717) is 11.1 Å². The van der Waals surface area contributed by atoms with Gasteiger partial charge in [-0.25, -0.2) is 4.79 Å². The summed E-state index contributed by atoms with van der Waals surface area (Å²) in [7, 11) is 1.88. The molecule has 2 aromatic carbocycles. The number of hydrogen-bond acceptors (Lipinski definition) is 3. The van der Waals surface area contributed by atoms with E-state index in [0.717, 1.165) is 27.1 Å². The molecule has 1 aliphatic heterocycles. The molecule has 0 spiro atoms. The van der Waals surface area contributed by atoms with Gasteiger partial charge in [-0.2, -0.15) is 0 Å². The Labute approximate surface area is 169 Å². The molecule has 148 valence electrons. The van der Waals surface area contributed by atoms with E-state index in [4.69, 9.17) is 0 Å². The first-order valence-electron chi connectivity index (χ1n) is 9.52. The van der Waals surface area contributed by atoms with Crippen LogP contribution in [-0.2, 0) is 17.4 Å². The van der Waals surface area contributed by atoms with E-state index in [1.165, 1.54) is 0 Å². The van der Waals surface area contributed by atoms with Gasteiger partial charge in [0, 0.05) is 24.0 Å². The Morgan fingerprint density at radius 3 is 2.38 bits per heavy atom. The van der Waals surface area contributed by atoms with Gasteiger partial charge in [-0.1, -0.05) is 36.4 Å². The van der Waals surface area contributed by atoms with Gasteiger partial charge in [0.2, 0.25) is 0 Å². The number of hydrogen-bond donors (Lipinski definition) is 1. The number of Topliss-reactive ketones (excluding diaryl/α,β-unsaturated/α-hetero) is 1. The maximum absolute atomic E-state index is 13.2. The minimum Gasteiger partial charge on any atom is -0.351 e. The van der Waals surface area contributed by atoms with Crippen LogP contribution < -0.4 is 5.32 Å². The highest BCUT2D eigenvalue weighted by molar-refractivity contribution is 6.11. The third-order valence-electron chi connectivity index (χ3n) is 5.98. The Morgan fingerprint density at radius 2 is 1.72 bits per heavy atom. The minimum atomic E-state index is -1.21. The summed E-state index contributed by atoms with van der Waals surface area (Å²) >= 11 is 0. The highest BCUT2D eigenvalue weighted by Gasteiger charge is 2.49. The summed E-state index contributed by atoms with van der Waals surface area (Å²) in [6.45, 7) is 5.16. The van der Waals surface area contributed by atoms with Crippen molar-refractivity contribution in [1.82, 2.24) is 14.8 Å². The molecule has 1 N–H and O–H groups in total. The van der Waals surface area contributed by atoms with Crippen molar-refractivity contribution < 1.29 is 14.4 Å². The number of imide groups is 1. The minimum absolute atomic E-state index is 0.252. The zero-order valence-corrected chi connectivity index (χ0v) is 16.9. The van der Waals surface area contributed by atoms with E-state index < -0.39 is 17.5 Å². The Morgan fingerprint density at radius 1 is 1.03 bits per heavy atom. The predicted molar refractivity (Wildman–Crippen MR) is 111 cm³/mol. The van der Waals surface area contributed by atoms with Gasteiger partial charge < -0.3 is 9.88 Å². The molecule has 29 heavy (non-hydrogen) atoms. The normalized spacial score (nSPS) is 19.1. The van der Waals surface area contributed by atoms with E-state index in [9.17, 15) is 14.4 Å². The molecule has 2 heterocycles. The standard InChI is InChI=1S/C23H23N3O3/c1-14-11-19(15(2)25(14)4)20(27)13-26-21(28)23(3,24-22(26)29)18-10-9-16-7-5-6-8-17(16)12-18/h5-12H,13H2,1-4H3,(H,24,29). The molecule has 6 heteroatoms. The highest BCUT2D eigenvalue weighted by Crippen LogP contribution is 2.31. The fourth-order valence-electron chi connectivity index (χ4n) is 3.90. The van der Waals surface area contributed by atoms with Gasteiger partial charge in [0.05, 0.1) is 6.54 Å². The van der Waals surface area contributed by atoms with Crippen LogP contribution in [0.2, 0.25) is 0 Å². The highest BCUT2D eigenvalue weighted by atomic mass is 16.2. The van der Waals surface area contributed by atoms with Crippen LogP contribution in [0.4, 0.5) is 4.79 Å². The molecule has 1 aliphatic rings. The first-order chi connectivity index (χ1) is 13.7. The summed E-state index contributed by atoms with van der Waals surface area (Å²) in [6, 6.07) is 14.8. The van der Waals surface area contributed by atoms with Gasteiger partial charge in [-0.05, 0) is 49.2 Å². The molecule has 1 atom stereocenters. The fraction of sp³-hybridized carbons (Fsp3) is 0.261. The van der Waals surface area contributed by atoms with Gasteiger partial charge in [0.15, 0.2) is 5.78 Å². The van der Waals surface area contributed by atoms with Crippen molar-refractivity contribution in [3.05, 3.63) is 71.0 Å². The molecule has 1 unspecified atom stereocenters. The van der Waals surface area contributed by atoms with E-state index in [1.807, 2.05) is 67.9 Å². The average molecular weight is 389 g/mol. The Bertz CT molecular complexity index is 1180. The number of ketones is 1. The Balaban J connectivity index is 1.63. The molecule has 0 aliphatic carbocycles. The van der Waals surface area contributed by atoms with Crippen molar-refractivity contribution in [2.75, 3.05) is 6.54 Å². The monoisotopic (exact) mass is 389 g/mol. The van der Waals surface area contributed by atoms with Crippen molar-refractivity contribution in [2.24, 2.45) is 7.05 Å². The lowest BCUT2D eigenvalue weighted by Gasteiger charge is -2.22. The molecule has 3 amide bonds. The summed E-state index contributed by atoms with van der Waals surface area (Å²) in [4.78, 5) is 39.6. The number of carbonyl (C=O) groups is 3. The lowest BCUT2D eigenvalue weighted by atomic mass is 9.90. The number of aromatic nitrogens is 1. The second-order valence-electron chi connectivity index (χ2n) is 7.78. The van der Waals surface area contributed by atoms with E-state index in [-0.39, 0.29) is 12.3 Å². The maximum atomic E-state index is 13.2. The van der Waals surface area contributed by atoms with Crippen molar-refractivity contribution >= 4 is 28.5 Å². The summed E-state index contributed by atoms with van der Waals surface area (Å²) in [5.74, 6) is -0.672. The number of nitrogens with zero attached hydrogens (tertiary/aromatic N) is 2. The van der Waals surface area contributed by atoms with Crippen molar-refractivity contribution in [3.8, 4) is 0 Å². The number of rotatable bonds is 4. The molecule has 0 bridgehead atoms. The SMILES string of the molecule is Cc1cc(C(=O)CN2C(=O)NC(C)(c3ccc4ccccc4c3)C2=O)c(C)n1C. The van der Waals surface area contributed by atoms with Gasteiger partial charge in [-0.3, -0.25) is 14.5 Å². The number of aryl methyl sites for hydroxylation is 1. The fourth-order valence-corrected chi connectivity index (χ4v) is 3.90. The van der Waals surface area contributed by atoms with E-state index in [2.05, 4.69) is 5.32 Å². The summed E-state index contributed by atoms with van der Waals surface area (Å²) in [6.07, 6.45) is 0. The third-order valence-corrected chi connectivity index (χ3v) is 5.98. The van der Waals surface area contributed by atoms with Crippen molar-refractivity contribution in [1.29, 1.82) is 0 Å². The smallest absolute Gasteiger partial charge is 0.325 e. The largest absolute Gasteiger partial charge is 0.351 e. The quantitative estimate of drug-likeness (QED) is 0.549. The van der Waals surface area contributed by atoms with Gasteiger partial charge in [0.25, 0.3) is 5.91 Å². The Kier molecular flexibility index (Phi) is 4.30. The number of urea groups is 1. The molecular weight excluding hydrogens is 366 g/mol. The second kappa shape index (κ2) is 6.58. The van der Waals surface area contributed by atoms with Crippen LogP contribution in [0.3, 0.4) is 0 Å². The van der Waals surface area contributed by atoms with E-state index >= 15 is 0 Å². The van der Waals surface area contributed by atoms with Crippen molar-refractivity contribution in [2.45, 2.75) is 26.3 Å². The number of nitrogens with one attached hydrogen (secondary N) is 1. The van der Waals surface area contributed by atoms with Gasteiger partial charge in [-0.15, -0.1) is 0 Å². The van der Waals surface area contributed by atoms with E-state index in [1.54, 1.807) is 13.0 Å². The molecule has 6 nitrogen and oxygen atoms in total. The van der Waals surface area contributed by atoms with Crippen LogP contribution in [0.25, 0.3) is 10.8 Å². The third kappa shape index (κ3) is 2.92. The zero-order valence-electron chi connectivity index (χ0n) is 16.9. The number of carbonyl (C=O) groups excluding carboxylic acids is 3. The summed E-state index contributed by atoms with van der Waals surface area (Å²) in [5.41, 5.74) is 1.78. The lowest BCUT2D eigenvalue weighted by Crippen LogP contribution is -2.41. The van der Waals surface area contributed by atoms with Crippen LogP contribution in [0.15, 0.2) is 48.5 Å². The Hall–Kier alpha value is -3.41. The first kappa shape index (κ1) is 18.9. The van der Waals surface area contributed by atoms with Crippen LogP contribution >= 0.6 is 0 Å². The van der Waals surface area contributed by atoms with Gasteiger partial charge >= 0.3 is 6.03 Å². The number of amides is 3. The maximum Gasteiger partial charge on any atom is 0.325 e. The molecule has 0 saturated carbocycles. The zero-order chi connectivity index (χ0) is 20.9. The molecular formula is C23H23N3O3. The molecule has 3 aromatic rings. The molecule has 1 saturated heterocycles. The molecule has 4 rings (SSSR count). The predicted octanol–water partition coefficient (Wildman–Crippen LogP) is 3.45. The molecule has 1 fully saturated rings. The number of benzene rings is 2. The topological polar surface area (TPSA) is 71.4 Å². The average Bonchev–Trinajstić information content (AvgIpc) is 3.09. The lowest BCUT2D eigenvalue weighted by molar-refractivity contribution is -0.130. The van der Waals surface area contributed by atoms with Gasteiger partial charge in [0.1, 0.15) is 5.54 Å². The molecule has 1 aromatic heterocycles.